The Morgan fingerprint density at radius 3 is 2.74 bits per heavy atom. The van der Waals surface area contributed by atoms with E-state index in [1.54, 1.807) is 26.8 Å². The molecular formula is C25H24ClN5O4. The van der Waals surface area contributed by atoms with Crippen molar-refractivity contribution in [3.63, 3.8) is 0 Å². The van der Waals surface area contributed by atoms with Crippen LogP contribution in [0.5, 0.6) is 0 Å². The van der Waals surface area contributed by atoms with Gasteiger partial charge in [0, 0.05) is 18.2 Å². The zero-order valence-corrected chi connectivity index (χ0v) is 20.2. The van der Waals surface area contributed by atoms with Crippen LogP contribution in [0, 0.1) is 5.92 Å². The van der Waals surface area contributed by atoms with Gasteiger partial charge in [0.25, 0.3) is 11.5 Å². The normalized spacial score (nSPS) is 20.7. The summed E-state index contributed by atoms with van der Waals surface area (Å²) in [6.07, 6.45) is 3.46. The van der Waals surface area contributed by atoms with Gasteiger partial charge in [-0.2, -0.15) is 0 Å². The second-order valence-electron chi connectivity index (χ2n) is 9.72. The molecule has 0 fully saturated rings. The quantitative estimate of drug-likeness (QED) is 0.537. The number of hydrogen-bond donors (Lipinski definition) is 2. The number of anilines is 2. The average molecular weight is 494 g/mol. The smallest absolute Gasteiger partial charge is 0.309 e. The van der Waals surface area contributed by atoms with E-state index in [4.69, 9.17) is 16.3 Å². The van der Waals surface area contributed by atoms with Crippen LogP contribution in [0.3, 0.4) is 0 Å². The van der Waals surface area contributed by atoms with Crippen molar-refractivity contribution >= 4 is 35.0 Å². The molecule has 0 radical (unpaired) electrons. The molecule has 5 rings (SSSR count). The average Bonchev–Trinajstić information content (AvgIpc) is 3.09. The molecule has 2 atom stereocenters. The first kappa shape index (κ1) is 23.0. The molecule has 2 unspecified atom stereocenters. The number of pyridine rings is 1. The second-order valence-corrected chi connectivity index (χ2v) is 10.1. The largest absolute Gasteiger partial charge is 0.460 e. The van der Waals surface area contributed by atoms with Crippen molar-refractivity contribution in [3.8, 4) is 0 Å². The Kier molecular flexibility index (Phi) is 5.40. The molecule has 10 heteroatoms. The molecule has 2 aromatic heterocycles. The maximum absolute atomic E-state index is 13.8. The zero-order valence-electron chi connectivity index (χ0n) is 19.5. The highest BCUT2D eigenvalue weighted by Gasteiger charge is 2.52. The van der Waals surface area contributed by atoms with Crippen molar-refractivity contribution in [2.45, 2.75) is 44.9 Å². The van der Waals surface area contributed by atoms with Gasteiger partial charge in [0.05, 0.1) is 10.9 Å². The van der Waals surface area contributed by atoms with Gasteiger partial charge in [0.2, 0.25) is 0 Å². The minimum Gasteiger partial charge on any atom is -0.460 e. The summed E-state index contributed by atoms with van der Waals surface area (Å²) in [5.74, 6) is -1.06. The summed E-state index contributed by atoms with van der Waals surface area (Å²) >= 11 is 6.54. The lowest BCUT2D eigenvalue weighted by molar-refractivity contribution is -0.161. The van der Waals surface area contributed by atoms with Gasteiger partial charge in [-0.3, -0.25) is 19.0 Å². The molecule has 1 aliphatic heterocycles. The Balaban J connectivity index is 1.69. The van der Waals surface area contributed by atoms with Crippen LogP contribution >= 0.6 is 11.6 Å². The Labute approximate surface area is 206 Å². The Morgan fingerprint density at radius 1 is 1.26 bits per heavy atom. The lowest BCUT2D eigenvalue weighted by Gasteiger charge is -2.40. The third-order valence-corrected chi connectivity index (χ3v) is 6.42. The van der Waals surface area contributed by atoms with Crippen molar-refractivity contribution in [1.82, 2.24) is 19.9 Å². The van der Waals surface area contributed by atoms with E-state index in [2.05, 4.69) is 20.6 Å². The molecule has 0 saturated carbocycles. The van der Waals surface area contributed by atoms with Crippen molar-refractivity contribution in [2.24, 2.45) is 5.92 Å². The molecule has 1 aliphatic carbocycles. The third-order valence-electron chi connectivity index (χ3n) is 6.13. The predicted octanol–water partition coefficient (Wildman–Crippen LogP) is 3.38. The maximum Gasteiger partial charge on any atom is 0.309 e. The first-order chi connectivity index (χ1) is 16.6. The third kappa shape index (κ3) is 3.95. The van der Waals surface area contributed by atoms with Crippen LogP contribution in [0.1, 0.15) is 48.8 Å². The van der Waals surface area contributed by atoms with Crippen molar-refractivity contribution < 1.29 is 14.3 Å². The summed E-state index contributed by atoms with van der Waals surface area (Å²) in [6.45, 7) is 5.42. The van der Waals surface area contributed by atoms with Crippen LogP contribution in [0.2, 0.25) is 5.02 Å². The molecule has 35 heavy (non-hydrogen) atoms. The van der Waals surface area contributed by atoms with Gasteiger partial charge in [0.15, 0.2) is 0 Å². The second kappa shape index (κ2) is 8.20. The molecule has 1 spiro atoms. The van der Waals surface area contributed by atoms with Gasteiger partial charge in [-0.1, -0.05) is 35.9 Å². The fraction of sp³-hybridized carbons (Fsp3) is 0.320. The van der Waals surface area contributed by atoms with E-state index in [1.165, 1.54) is 23.2 Å². The summed E-state index contributed by atoms with van der Waals surface area (Å²) < 4.78 is 7.05. The monoisotopic (exact) mass is 493 g/mol. The highest BCUT2D eigenvalue weighted by Crippen LogP contribution is 2.44. The molecule has 2 N–H and O–H groups in total. The summed E-state index contributed by atoms with van der Waals surface area (Å²) in [7, 11) is 0. The molecule has 2 aliphatic rings. The summed E-state index contributed by atoms with van der Waals surface area (Å²) in [5.41, 5.74) is -0.667. The van der Waals surface area contributed by atoms with Crippen LogP contribution in [-0.2, 0) is 21.6 Å². The molecular weight excluding hydrogens is 470 g/mol. The summed E-state index contributed by atoms with van der Waals surface area (Å²) in [5, 5.41) is 6.06. The molecule has 0 bridgehead atoms. The fourth-order valence-corrected chi connectivity index (χ4v) is 5.12. The Hall–Kier alpha value is -3.72. The van der Waals surface area contributed by atoms with E-state index >= 15 is 0 Å². The summed E-state index contributed by atoms with van der Waals surface area (Å²) in [4.78, 5) is 48.2. The van der Waals surface area contributed by atoms with Crippen molar-refractivity contribution in [2.75, 3.05) is 5.32 Å². The number of fused-ring (bicyclic) bond motifs is 4. The molecule has 9 nitrogen and oxygen atoms in total. The van der Waals surface area contributed by atoms with E-state index in [1.807, 2.05) is 24.3 Å². The molecule has 3 heterocycles. The van der Waals surface area contributed by atoms with E-state index in [9.17, 15) is 14.4 Å². The summed E-state index contributed by atoms with van der Waals surface area (Å²) in [6, 6.07) is 10.5. The van der Waals surface area contributed by atoms with Crippen molar-refractivity contribution in [3.05, 3.63) is 81.1 Å². The highest BCUT2D eigenvalue weighted by atomic mass is 35.5. The molecule has 1 aromatic carbocycles. The first-order valence-corrected chi connectivity index (χ1v) is 11.6. The van der Waals surface area contributed by atoms with E-state index in [-0.39, 0.29) is 28.8 Å². The van der Waals surface area contributed by atoms with Gasteiger partial charge in [-0.25, -0.2) is 9.97 Å². The lowest BCUT2D eigenvalue weighted by Crippen LogP contribution is -2.53. The number of benzene rings is 1. The van der Waals surface area contributed by atoms with E-state index in [0.717, 1.165) is 11.1 Å². The standard InChI is InChI=1S/C25H24ClN5O4/c1-24(2,3)35-23(34)15-10-14-6-4-5-7-16(14)25(12-15)30-21(32)20-17(26)11-18(22(33)31(20)25)29-19-8-9-27-13-28-19/h4-9,11,13,15H,10,12H2,1-3H3,(H,30,32)(H,27,28,29). The topological polar surface area (TPSA) is 115 Å². The van der Waals surface area contributed by atoms with Gasteiger partial charge >= 0.3 is 5.97 Å². The van der Waals surface area contributed by atoms with Gasteiger partial charge in [-0.15, -0.1) is 0 Å². The van der Waals surface area contributed by atoms with Gasteiger partial charge < -0.3 is 15.4 Å². The number of aromatic nitrogens is 3. The fourth-order valence-electron chi connectivity index (χ4n) is 4.84. The number of hydrogen-bond acceptors (Lipinski definition) is 7. The molecule has 180 valence electrons. The number of nitrogens with one attached hydrogen (secondary N) is 2. The van der Waals surface area contributed by atoms with Crippen LogP contribution in [0.15, 0.2) is 53.7 Å². The van der Waals surface area contributed by atoms with E-state index < -0.39 is 28.6 Å². The molecule has 3 aromatic rings. The highest BCUT2D eigenvalue weighted by molar-refractivity contribution is 6.34. The SMILES string of the molecule is CC(C)(C)OC(=O)C1Cc2ccccc2C2(C1)NC(=O)c1c(Cl)cc(Nc3ccncn3)c(=O)n12. The molecule has 1 amide bonds. The number of esters is 1. The molecule has 0 saturated heterocycles. The number of ether oxygens (including phenoxy) is 1. The predicted molar refractivity (Wildman–Crippen MR) is 130 cm³/mol. The minimum absolute atomic E-state index is 0.0459. The number of carbonyl (C=O) groups is 2. The van der Waals surface area contributed by atoms with Crippen LogP contribution < -0.4 is 16.2 Å². The van der Waals surface area contributed by atoms with Crippen LogP contribution in [0.25, 0.3) is 0 Å². The number of halogens is 1. The zero-order chi connectivity index (χ0) is 25.0. The number of amides is 1. The van der Waals surface area contributed by atoms with E-state index in [0.29, 0.717) is 12.2 Å². The maximum atomic E-state index is 13.8. The number of nitrogens with zero attached hydrogens (tertiary/aromatic N) is 3. The van der Waals surface area contributed by atoms with Gasteiger partial charge in [-0.05, 0) is 44.9 Å². The number of rotatable bonds is 3. The van der Waals surface area contributed by atoms with Crippen molar-refractivity contribution in [1.29, 1.82) is 0 Å². The van der Waals surface area contributed by atoms with Crippen LogP contribution in [0.4, 0.5) is 11.5 Å². The number of carbonyl (C=O) groups excluding carboxylic acids is 2. The minimum atomic E-state index is -1.30. The Morgan fingerprint density at radius 2 is 2.03 bits per heavy atom. The lowest BCUT2D eigenvalue weighted by atomic mass is 9.76. The van der Waals surface area contributed by atoms with Gasteiger partial charge in [0.1, 0.15) is 34.8 Å². The Bertz CT molecular complexity index is 1400. The van der Waals surface area contributed by atoms with Crippen LogP contribution in [-0.4, -0.2) is 32.0 Å². The first-order valence-electron chi connectivity index (χ1n) is 11.2.